The van der Waals surface area contributed by atoms with Gasteiger partial charge in [0.15, 0.2) is 0 Å². The van der Waals surface area contributed by atoms with Crippen LogP contribution in [0.25, 0.3) is 0 Å². The largest absolute Gasteiger partial charge is 0.508 e. The summed E-state index contributed by atoms with van der Waals surface area (Å²) < 4.78 is 5.59. The average Bonchev–Trinajstić information content (AvgIpc) is 3.02. The molecule has 2 N–H and O–H groups in total. The smallest absolute Gasteiger partial charge is 0.127 e. The molecule has 1 fully saturated rings. The fourth-order valence-corrected chi connectivity index (χ4v) is 2.54. The summed E-state index contributed by atoms with van der Waals surface area (Å²) in [6.45, 7) is 4.03. The van der Waals surface area contributed by atoms with Crippen molar-refractivity contribution in [1.29, 1.82) is 0 Å². The summed E-state index contributed by atoms with van der Waals surface area (Å²) in [6, 6.07) is 5.68. The molecule has 3 heteroatoms. The molecule has 1 aromatic carbocycles. The normalized spacial score (nSPS) is 24.2. The van der Waals surface area contributed by atoms with Gasteiger partial charge in [-0.05, 0) is 36.8 Å². The van der Waals surface area contributed by atoms with Gasteiger partial charge in [0.1, 0.15) is 18.1 Å². The predicted molar refractivity (Wildman–Crippen MR) is 66.3 cm³/mol. The van der Waals surface area contributed by atoms with Gasteiger partial charge in [0.25, 0.3) is 0 Å². The van der Waals surface area contributed by atoms with E-state index in [1.54, 1.807) is 12.1 Å². The monoisotopic (exact) mass is 233 g/mol. The van der Waals surface area contributed by atoms with Crippen LogP contribution in [0.3, 0.4) is 0 Å². The molecule has 1 saturated carbocycles. The number of aromatic hydroxyl groups is 1. The Kier molecular flexibility index (Phi) is 2.51. The molecule has 1 aliphatic carbocycles. The lowest BCUT2D eigenvalue weighted by molar-refractivity contribution is 0.297. The number of nitrogens with one attached hydrogen (secondary N) is 1. The zero-order chi connectivity index (χ0) is 11.9. The Balaban J connectivity index is 1.67. The highest BCUT2D eigenvalue weighted by Crippen LogP contribution is 2.48. The third-order valence-corrected chi connectivity index (χ3v) is 4.21. The lowest BCUT2D eigenvalue weighted by Gasteiger charge is -2.17. The van der Waals surface area contributed by atoms with Gasteiger partial charge in [0, 0.05) is 18.2 Å². The molecule has 3 nitrogen and oxygen atoms in total. The molecule has 0 aromatic heterocycles. The van der Waals surface area contributed by atoms with Gasteiger partial charge in [-0.25, -0.2) is 0 Å². The second-order valence-electron chi connectivity index (χ2n) is 5.32. The molecule has 2 aliphatic rings. The topological polar surface area (TPSA) is 41.5 Å². The first-order valence-corrected chi connectivity index (χ1v) is 6.41. The van der Waals surface area contributed by atoms with Crippen LogP contribution in [-0.4, -0.2) is 18.3 Å². The van der Waals surface area contributed by atoms with Crippen molar-refractivity contribution in [2.24, 2.45) is 5.41 Å². The number of benzene rings is 1. The fraction of sp³-hybridized carbons (Fsp3) is 0.571. The van der Waals surface area contributed by atoms with Gasteiger partial charge in [0.2, 0.25) is 0 Å². The van der Waals surface area contributed by atoms with Crippen LogP contribution >= 0.6 is 0 Å². The predicted octanol–water partition coefficient (Wildman–Crippen LogP) is 2.61. The average molecular weight is 233 g/mol. The standard InChI is InChI=1S/C14H19NO2/c1-2-14(5-6-14)9-15-12-8-17-13-7-10(16)3-4-11(12)13/h3-4,7,12,15-16H,2,5-6,8-9H2,1H3. The van der Waals surface area contributed by atoms with E-state index in [0.717, 1.165) is 12.3 Å². The van der Waals surface area contributed by atoms with E-state index in [9.17, 15) is 5.11 Å². The van der Waals surface area contributed by atoms with Crippen LogP contribution in [0.5, 0.6) is 11.5 Å². The van der Waals surface area contributed by atoms with E-state index in [1.165, 1.54) is 24.8 Å². The van der Waals surface area contributed by atoms with Crippen molar-refractivity contribution in [3.8, 4) is 11.5 Å². The van der Waals surface area contributed by atoms with Crippen LogP contribution in [0, 0.1) is 5.41 Å². The molecule has 92 valence electrons. The quantitative estimate of drug-likeness (QED) is 0.840. The third-order valence-electron chi connectivity index (χ3n) is 4.21. The van der Waals surface area contributed by atoms with E-state index in [0.29, 0.717) is 12.0 Å². The van der Waals surface area contributed by atoms with Crippen molar-refractivity contribution in [3.05, 3.63) is 23.8 Å². The molecule has 1 atom stereocenters. The fourth-order valence-electron chi connectivity index (χ4n) is 2.54. The van der Waals surface area contributed by atoms with E-state index >= 15 is 0 Å². The Hall–Kier alpha value is -1.22. The summed E-state index contributed by atoms with van der Waals surface area (Å²) in [5, 5.41) is 13.0. The number of phenols is 1. The van der Waals surface area contributed by atoms with Crippen LogP contribution in [0.4, 0.5) is 0 Å². The first-order valence-electron chi connectivity index (χ1n) is 6.41. The zero-order valence-electron chi connectivity index (χ0n) is 10.2. The lowest BCUT2D eigenvalue weighted by atomic mass is 10.0. The van der Waals surface area contributed by atoms with Crippen LogP contribution in [0.15, 0.2) is 18.2 Å². The van der Waals surface area contributed by atoms with Gasteiger partial charge < -0.3 is 15.2 Å². The van der Waals surface area contributed by atoms with Gasteiger partial charge in [-0.2, -0.15) is 0 Å². The summed E-state index contributed by atoms with van der Waals surface area (Å²) in [4.78, 5) is 0. The Labute approximate surface area is 102 Å². The van der Waals surface area contributed by atoms with Gasteiger partial charge in [-0.3, -0.25) is 0 Å². The molecule has 1 aromatic rings. The molecule has 1 unspecified atom stereocenters. The number of phenolic OH excluding ortho intramolecular Hbond substituents is 1. The minimum atomic E-state index is 0.275. The maximum absolute atomic E-state index is 9.39. The maximum atomic E-state index is 9.39. The molecular formula is C14H19NO2. The van der Waals surface area contributed by atoms with Crippen molar-refractivity contribution in [3.63, 3.8) is 0 Å². The minimum Gasteiger partial charge on any atom is -0.508 e. The summed E-state index contributed by atoms with van der Waals surface area (Å²) in [5.41, 5.74) is 1.73. The van der Waals surface area contributed by atoms with E-state index in [-0.39, 0.29) is 11.8 Å². The van der Waals surface area contributed by atoms with Crippen molar-refractivity contribution < 1.29 is 9.84 Å². The Morgan fingerprint density at radius 3 is 3.00 bits per heavy atom. The van der Waals surface area contributed by atoms with Crippen LogP contribution < -0.4 is 10.1 Å². The first kappa shape index (κ1) is 10.9. The van der Waals surface area contributed by atoms with Crippen molar-refractivity contribution in [2.75, 3.05) is 13.2 Å². The number of rotatable bonds is 4. The molecule has 3 rings (SSSR count). The van der Waals surface area contributed by atoms with E-state index in [2.05, 4.69) is 12.2 Å². The summed E-state index contributed by atoms with van der Waals surface area (Å²) in [5.74, 6) is 1.10. The summed E-state index contributed by atoms with van der Waals surface area (Å²) in [6.07, 6.45) is 3.97. The van der Waals surface area contributed by atoms with Crippen LogP contribution in [-0.2, 0) is 0 Å². The Morgan fingerprint density at radius 1 is 1.47 bits per heavy atom. The molecule has 1 heterocycles. The van der Waals surface area contributed by atoms with Crippen LogP contribution in [0.2, 0.25) is 0 Å². The van der Waals surface area contributed by atoms with E-state index in [1.807, 2.05) is 6.07 Å². The van der Waals surface area contributed by atoms with Crippen molar-refractivity contribution in [2.45, 2.75) is 32.2 Å². The highest BCUT2D eigenvalue weighted by molar-refractivity contribution is 5.44. The Morgan fingerprint density at radius 2 is 2.29 bits per heavy atom. The molecule has 1 aliphatic heterocycles. The molecule has 0 bridgehead atoms. The number of fused-ring (bicyclic) bond motifs is 1. The van der Waals surface area contributed by atoms with E-state index < -0.39 is 0 Å². The lowest BCUT2D eigenvalue weighted by Crippen LogP contribution is -2.29. The zero-order valence-corrected chi connectivity index (χ0v) is 10.2. The number of ether oxygens (including phenoxy) is 1. The highest BCUT2D eigenvalue weighted by Gasteiger charge is 2.41. The van der Waals surface area contributed by atoms with E-state index in [4.69, 9.17) is 4.74 Å². The second kappa shape index (κ2) is 3.91. The third kappa shape index (κ3) is 2.00. The summed E-state index contributed by atoms with van der Waals surface area (Å²) in [7, 11) is 0. The van der Waals surface area contributed by atoms with Gasteiger partial charge in [-0.15, -0.1) is 0 Å². The van der Waals surface area contributed by atoms with Crippen molar-refractivity contribution >= 4 is 0 Å². The molecule has 0 amide bonds. The second-order valence-corrected chi connectivity index (χ2v) is 5.32. The molecule has 0 radical (unpaired) electrons. The molecule has 17 heavy (non-hydrogen) atoms. The van der Waals surface area contributed by atoms with Crippen LogP contribution in [0.1, 0.15) is 37.8 Å². The molecule has 0 saturated heterocycles. The maximum Gasteiger partial charge on any atom is 0.127 e. The van der Waals surface area contributed by atoms with Gasteiger partial charge >= 0.3 is 0 Å². The SMILES string of the molecule is CCC1(CNC2COc3cc(O)ccc32)CC1. The molecular weight excluding hydrogens is 214 g/mol. The number of hydrogen-bond donors (Lipinski definition) is 2. The van der Waals surface area contributed by atoms with Crippen molar-refractivity contribution in [1.82, 2.24) is 5.32 Å². The molecule has 0 spiro atoms. The Bertz CT molecular complexity index is 426. The van der Waals surface area contributed by atoms with Gasteiger partial charge in [-0.1, -0.05) is 6.92 Å². The number of hydrogen-bond acceptors (Lipinski definition) is 3. The first-order chi connectivity index (χ1) is 8.22. The van der Waals surface area contributed by atoms with Gasteiger partial charge in [0.05, 0.1) is 6.04 Å². The highest BCUT2D eigenvalue weighted by atomic mass is 16.5. The summed E-state index contributed by atoms with van der Waals surface area (Å²) >= 11 is 0. The minimum absolute atomic E-state index is 0.275.